The highest BCUT2D eigenvalue weighted by molar-refractivity contribution is 8.00. The second-order valence-corrected chi connectivity index (χ2v) is 9.86. The highest BCUT2D eigenvalue weighted by Gasteiger charge is 2.29. The molecule has 0 amide bonds. The quantitative estimate of drug-likeness (QED) is 0.208. The van der Waals surface area contributed by atoms with E-state index in [2.05, 4.69) is 12.1 Å². The van der Waals surface area contributed by atoms with Gasteiger partial charge in [-0.1, -0.05) is 78.3 Å². The Labute approximate surface area is 216 Å². The van der Waals surface area contributed by atoms with Crippen molar-refractivity contribution in [1.82, 2.24) is 4.98 Å². The molecule has 1 heterocycles. The number of rotatable bonds is 6. The number of pyridine rings is 1. The number of aromatic nitrogens is 1. The average Bonchev–Trinajstić information content (AvgIpc) is 2.91. The molecule has 4 rings (SSSR count). The number of carbonyl (C=O) groups is 1. The SMILES string of the molecule is CCOC(=O)C(C#N)=C1CCCCC1Sc1nc(-c2ccc(C)cc2)cc(-c2ccccc2)c1C#N. The topological polar surface area (TPSA) is 86.8 Å². The number of nitriles is 2. The van der Waals surface area contributed by atoms with Crippen molar-refractivity contribution in [1.29, 1.82) is 10.5 Å². The van der Waals surface area contributed by atoms with Gasteiger partial charge in [-0.3, -0.25) is 0 Å². The van der Waals surface area contributed by atoms with E-state index in [-0.39, 0.29) is 17.4 Å². The van der Waals surface area contributed by atoms with E-state index in [1.165, 1.54) is 11.8 Å². The van der Waals surface area contributed by atoms with Gasteiger partial charge in [-0.05, 0) is 50.3 Å². The summed E-state index contributed by atoms with van der Waals surface area (Å²) < 4.78 is 5.16. The predicted octanol–water partition coefficient (Wildman–Crippen LogP) is 7.01. The van der Waals surface area contributed by atoms with Gasteiger partial charge in [0.15, 0.2) is 0 Å². The van der Waals surface area contributed by atoms with Crippen LogP contribution in [0.25, 0.3) is 22.4 Å². The molecule has 36 heavy (non-hydrogen) atoms. The maximum Gasteiger partial charge on any atom is 0.348 e. The van der Waals surface area contributed by atoms with E-state index < -0.39 is 5.97 Å². The largest absolute Gasteiger partial charge is 0.462 e. The smallest absolute Gasteiger partial charge is 0.348 e. The molecule has 5 nitrogen and oxygen atoms in total. The lowest BCUT2D eigenvalue weighted by atomic mass is 9.91. The summed E-state index contributed by atoms with van der Waals surface area (Å²) in [7, 11) is 0. The molecule has 0 radical (unpaired) electrons. The summed E-state index contributed by atoms with van der Waals surface area (Å²) >= 11 is 1.47. The molecule has 0 aliphatic heterocycles. The van der Waals surface area contributed by atoms with Crippen molar-refractivity contribution in [3.63, 3.8) is 0 Å². The Morgan fingerprint density at radius 1 is 1.08 bits per heavy atom. The zero-order valence-electron chi connectivity index (χ0n) is 20.5. The van der Waals surface area contributed by atoms with Crippen molar-refractivity contribution >= 4 is 17.7 Å². The third kappa shape index (κ3) is 5.51. The predicted molar refractivity (Wildman–Crippen MR) is 142 cm³/mol. The number of nitrogens with zero attached hydrogens (tertiary/aromatic N) is 3. The number of benzene rings is 2. The molecule has 1 aliphatic rings. The van der Waals surface area contributed by atoms with Gasteiger partial charge in [0.1, 0.15) is 22.7 Å². The zero-order valence-corrected chi connectivity index (χ0v) is 21.3. The summed E-state index contributed by atoms with van der Waals surface area (Å²) in [6.07, 6.45) is 3.35. The zero-order chi connectivity index (χ0) is 25.5. The Hall–Kier alpha value is -3.87. The minimum absolute atomic E-state index is 0.0885. The summed E-state index contributed by atoms with van der Waals surface area (Å²) in [5, 5.41) is 20.5. The molecule has 1 aromatic heterocycles. The standard InChI is InChI=1S/C30H27N3O2S/c1-3-35-30(34)26(19-32)23-11-7-8-12-28(23)36-29-25(18-31)24(21-9-5-4-6-10-21)17-27(33-29)22-15-13-20(2)14-16-22/h4-6,9-10,13-17,28H,3,7-8,11-12H2,1-2H3. The molecule has 180 valence electrons. The van der Waals surface area contributed by atoms with Crippen molar-refractivity contribution in [2.75, 3.05) is 6.61 Å². The first-order chi connectivity index (χ1) is 17.5. The lowest BCUT2D eigenvalue weighted by molar-refractivity contribution is -0.138. The molecule has 1 unspecified atom stereocenters. The second-order valence-electron chi connectivity index (χ2n) is 8.66. The van der Waals surface area contributed by atoms with Crippen LogP contribution >= 0.6 is 11.8 Å². The molecule has 0 bridgehead atoms. The van der Waals surface area contributed by atoms with E-state index >= 15 is 0 Å². The summed E-state index contributed by atoms with van der Waals surface area (Å²) in [5.74, 6) is -0.575. The van der Waals surface area contributed by atoms with Gasteiger partial charge >= 0.3 is 5.97 Å². The fourth-order valence-electron chi connectivity index (χ4n) is 4.42. The first kappa shape index (κ1) is 25.2. The van der Waals surface area contributed by atoms with Gasteiger partial charge in [-0.2, -0.15) is 10.5 Å². The number of thioether (sulfide) groups is 1. The summed E-state index contributed by atoms with van der Waals surface area (Å²) in [6.45, 7) is 3.99. The van der Waals surface area contributed by atoms with E-state index in [1.54, 1.807) is 6.92 Å². The van der Waals surface area contributed by atoms with Crippen LogP contribution in [0.3, 0.4) is 0 Å². The van der Waals surface area contributed by atoms with Gasteiger partial charge in [0.2, 0.25) is 0 Å². The number of carbonyl (C=O) groups excluding carboxylic acids is 1. The van der Waals surface area contributed by atoms with E-state index in [9.17, 15) is 15.3 Å². The lowest BCUT2D eigenvalue weighted by Gasteiger charge is -2.26. The van der Waals surface area contributed by atoms with Crippen LogP contribution in [0, 0.1) is 29.6 Å². The Balaban J connectivity index is 1.85. The molecule has 0 saturated heterocycles. The molecule has 1 aliphatic carbocycles. The summed E-state index contributed by atoms with van der Waals surface area (Å²) in [6, 6.07) is 24.4. The molecular formula is C30H27N3O2S. The lowest BCUT2D eigenvalue weighted by Crippen LogP contribution is -2.19. The van der Waals surface area contributed by atoms with Gasteiger partial charge in [0.25, 0.3) is 0 Å². The normalized spacial score (nSPS) is 16.5. The van der Waals surface area contributed by atoms with Gasteiger partial charge in [0.05, 0.1) is 17.9 Å². The fraction of sp³-hybridized carbons (Fsp3) is 0.267. The number of hydrogen-bond donors (Lipinski definition) is 0. The van der Waals surface area contributed by atoms with E-state index in [4.69, 9.17) is 9.72 Å². The highest BCUT2D eigenvalue weighted by Crippen LogP contribution is 2.42. The molecule has 6 heteroatoms. The van der Waals surface area contributed by atoms with Crippen LogP contribution in [0.2, 0.25) is 0 Å². The molecule has 0 spiro atoms. The van der Waals surface area contributed by atoms with Gasteiger partial charge in [0, 0.05) is 16.4 Å². The number of ether oxygens (including phenoxy) is 1. The average molecular weight is 494 g/mol. The molecule has 1 fully saturated rings. The number of aryl methyl sites for hydroxylation is 1. The Morgan fingerprint density at radius 2 is 1.83 bits per heavy atom. The van der Waals surface area contributed by atoms with Crippen LogP contribution in [0.4, 0.5) is 0 Å². The Morgan fingerprint density at radius 3 is 2.50 bits per heavy atom. The van der Waals surface area contributed by atoms with Crippen molar-refractivity contribution < 1.29 is 9.53 Å². The van der Waals surface area contributed by atoms with Gasteiger partial charge < -0.3 is 4.74 Å². The van der Waals surface area contributed by atoms with Crippen molar-refractivity contribution in [3.8, 4) is 34.5 Å². The van der Waals surface area contributed by atoms with E-state index in [1.807, 2.05) is 67.6 Å². The van der Waals surface area contributed by atoms with Crippen LogP contribution in [-0.4, -0.2) is 22.8 Å². The Bertz CT molecular complexity index is 1370. The minimum atomic E-state index is -0.575. The molecular weight excluding hydrogens is 466 g/mol. The van der Waals surface area contributed by atoms with Crippen LogP contribution in [-0.2, 0) is 9.53 Å². The minimum Gasteiger partial charge on any atom is -0.462 e. The highest BCUT2D eigenvalue weighted by atomic mass is 32.2. The van der Waals surface area contributed by atoms with Gasteiger partial charge in [-0.25, -0.2) is 9.78 Å². The van der Waals surface area contributed by atoms with Crippen LogP contribution in [0.5, 0.6) is 0 Å². The third-order valence-corrected chi connectivity index (χ3v) is 7.57. The van der Waals surface area contributed by atoms with Crippen molar-refractivity contribution in [3.05, 3.63) is 82.9 Å². The third-order valence-electron chi connectivity index (χ3n) is 6.25. The van der Waals surface area contributed by atoms with Crippen LogP contribution < -0.4 is 0 Å². The molecule has 1 atom stereocenters. The first-order valence-electron chi connectivity index (χ1n) is 12.1. The number of esters is 1. The second kappa shape index (κ2) is 11.7. The van der Waals surface area contributed by atoms with Crippen LogP contribution in [0.1, 0.15) is 43.7 Å². The molecule has 0 N–H and O–H groups in total. The molecule has 3 aromatic rings. The number of hydrogen-bond acceptors (Lipinski definition) is 6. The molecule has 2 aromatic carbocycles. The first-order valence-corrected chi connectivity index (χ1v) is 13.0. The fourth-order valence-corrected chi connectivity index (χ4v) is 5.77. The maximum absolute atomic E-state index is 12.5. The molecule has 1 saturated carbocycles. The van der Waals surface area contributed by atoms with Crippen molar-refractivity contribution in [2.45, 2.75) is 49.8 Å². The van der Waals surface area contributed by atoms with E-state index in [0.717, 1.165) is 52.8 Å². The van der Waals surface area contributed by atoms with Gasteiger partial charge in [-0.15, -0.1) is 0 Å². The maximum atomic E-state index is 12.5. The van der Waals surface area contributed by atoms with E-state index in [0.29, 0.717) is 17.0 Å². The summed E-state index contributed by atoms with van der Waals surface area (Å²) in [4.78, 5) is 17.5. The summed E-state index contributed by atoms with van der Waals surface area (Å²) in [5.41, 5.74) is 6.04. The van der Waals surface area contributed by atoms with Crippen molar-refractivity contribution in [2.24, 2.45) is 0 Å². The monoisotopic (exact) mass is 493 g/mol. The Kier molecular flexibility index (Phi) is 8.21. The van der Waals surface area contributed by atoms with Crippen LogP contribution in [0.15, 0.2) is 76.8 Å².